The van der Waals surface area contributed by atoms with Gasteiger partial charge in [0.2, 0.25) is 10.0 Å². The molecular formula is C24H25BrClFN4O5S. The number of aliphatic hydroxyl groups is 1. The number of aliphatic hydroxyl groups excluding tert-OH is 1. The fraction of sp³-hybridized carbons (Fsp3) is 0.417. The molecule has 37 heavy (non-hydrogen) atoms. The average molecular weight is 616 g/mol. The highest BCUT2D eigenvalue weighted by molar-refractivity contribution is 9.10. The third kappa shape index (κ3) is 5.09. The molecule has 5 rings (SSSR count). The molecule has 1 saturated carbocycles. The van der Waals surface area contributed by atoms with E-state index in [2.05, 4.69) is 31.2 Å². The number of rotatable bonds is 7. The smallest absolute Gasteiger partial charge is 0.213 e. The fourth-order valence-corrected chi connectivity index (χ4v) is 6.75. The molecule has 0 amide bonds. The van der Waals surface area contributed by atoms with Crippen LogP contribution in [-0.2, 0) is 10.0 Å². The van der Waals surface area contributed by atoms with E-state index < -0.39 is 22.1 Å². The molecule has 3 aromatic rings. The van der Waals surface area contributed by atoms with E-state index in [1.54, 1.807) is 24.3 Å². The summed E-state index contributed by atoms with van der Waals surface area (Å²) in [5, 5.41) is 14.0. The molecule has 1 unspecified atom stereocenters. The van der Waals surface area contributed by atoms with Crippen molar-refractivity contribution in [3.05, 3.63) is 45.9 Å². The van der Waals surface area contributed by atoms with Gasteiger partial charge < -0.3 is 19.9 Å². The maximum Gasteiger partial charge on any atom is 0.213 e. The molecule has 1 aliphatic carbocycles. The van der Waals surface area contributed by atoms with Crippen LogP contribution in [0.2, 0.25) is 5.02 Å². The van der Waals surface area contributed by atoms with Crippen LogP contribution in [0.1, 0.15) is 12.8 Å². The van der Waals surface area contributed by atoms with Crippen molar-refractivity contribution in [3.63, 3.8) is 0 Å². The van der Waals surface area contributed by atoms with E-state index in [-0.39, 0.29) is 28.5 Å². The Labute approximate surface area is 227 Å². The molecule has 0 radical (unpaired) electrons. The first-order valence-electron chi connectivity index (χ1n) is 11.6. The number of sulfonamides is 1. The minimum Gasteiger partial charge on any atom is -0.493 e. The van der Waals surface area contributed by atoms with Gasteiger partial charge >= 0.3 is 0 Å². The molecular weight excluding hydrogens is 591 g/mol. The number of fused-ring (bicyclic) bond motifs is 2. The number of methoxy groups -OCH3 is 1. The van der Waals surface area contributed by atoms with E-state index in [1.165, 1.54) is 17.7 Å². The Bertz CT molecular complexity index is 1460. The number of hydrogen-bond acceptors (Lipinski definition) is 8. The Kier molecular flexibility index (Phi) is 7.22. The van der Waals surface area contributed by atoms with Crippen LogP contribution < -0.4 is 14.8 Å². The van der Waals surface area contributed by atoms with Gasteiger partial charge in [-0.2, -0.15) is 4.31 Å². The Morgan fingerprint density at radius 2 is 2.05 bits per heavy atom. The minimum absolute atomic E-state index is 0.0378. The summed E-state index contributed by atoms with van der Waals surface area (Å²) in [5.41, 5.74) is 0.732. The topological polar surface area (TPSA) is 114 Å². The molecule has 2 heterocycles. The van der Waals surface area contributed by atoms with E-state index >= 15 is 0 Å². The first-order valence-corrected chi connectivity index (χ1v) is 14.6. The lowest BCUT2D eigenvalue weighted by atomic mass is 10.00. The van der Waals surface area contributed by atoms with Crippen LogP contribution >= 0.6 is 27.5 Å². The standard InChI is InChI=1S/C24H25BrClFN4O5S/c1-35-19-7-15-18(28-11-29-23(15)30-17-4-3-16(25)21(26)22(17)27)8-20(19)36-10-12-5-13-9-31(37(2,33)34)24(32)14(13)6-12/h3-4,7-8,11-14,24,32H,5-6,9-10H2,1-2H3,(H,28,29,30)/t12-,13+,14+,24?/m1/s1. The lowest BCUT2D eigenvalue weighted by Crippen LogP contribution is -2.37. The van der Waals surface area contributed by atoms with E-state index in [0.29, 0.717) is 52.3 Å². The van der Waals surface area contributed by atoms with Crippen LogP contribution in [0.25, 0.3) is 10.9 Å². The van der Waals surface area contributed by atoms with Crippen molar-refractivity contribution in [3.8, 4) is 11.5 Å². The minimum atomic E-state index is -3.44. The number of hydrogen-bond donors (Lipinski definition) is 2. The lowest BCUT2D eigenvalue weighted by molar-refractivity contribution is 0.0504. The van der Waals surface area contributed by atoms with Crippen molar-refractivity contribution < 1.29 is 27.4 Å². The van der Waals surface area contributed by atoms with Gasteiger partial charge in [0, 0.05) is 28.4 Å². The van der Waals surface area contributed by atoms with Gasteiger partial charge in [-0.1, -0.05) is 11.6 Å². The second-order valence-corrected chi connectivity index (χ2v) is 12.6. The van der Waals surface area contributed by atoms with E-state index in [0.717, 1.165) is 12.7 Å². The van der Waals surface area contributed by atoms with Gasteiger partial charge in [-0.15, -0.1) is 0 Å². The summed E-state index contributed by atoms with van der Waals surface area (Å²) in [4.78, 5) is 8.59. The third-order valence-corrected chi connectivity index (χ3v) is 9.52. The van der Waals surface area contributed by atoms with Crippen LogP contribution in [0.15, 0.2) is 35.1 Å². The zero-order chi connectivity index (χ0) is 26.5. The van der Waals surface area contributed by atoms with Crippen LogP contribution in [0.3, 0.4) is 0 Å². The van der Waals surface area contributed by atoms with Gasteiger partial charge in [0.05, 0.1) is 36.2 Å². The molecule has 2 aromatic carbocycles. The highest BCUT2D eigenvalue weighted by atomic mass is 79.9. The summed E-state index contributed by atoms with van der Waals surface area (Å²) in [6.45, 7) is 0.719. The van der Waals surface area contributed by atoms with Crippen molar-refractivity contribution in [1.29, 1.82) is 0 Å². The number of aromatic nitrogens is 2. The molecule has 2 N–H and O–H groups in total. The molecule has 2 aliphatic rings. The average Bonchev–Trinajstić information content (AvgIpc) is 3.41. The molecule has 1 aliphatic heterocycles. The highest BCUT2D eigenvalue weighted by Gasteiger charge is 2.49. The summed E-state index contributed by atoms with van der Waals surface area (Å²) in [6, 6.07) is 6.65. The van der Waals surface area contributed by atoms with Crippen LogP contribution in [0.5, 0.6) is 11.5 Å². The predicted molar refractivity (Wildman–Crippen MR) is 141 cm³/mol. The molecule has 198 valence electrons. The second kappa shape index (κ2) is 10.1. The molecule has 1 saturated heterocycles. The Balaban J connectivity index is 1.33. The SMILES string of the molecule is COc1cc2c(Nc3ccc(Br)c(Cl)c3F)ncnc2cc1OC[C@@H]1C[C@H]2CN(S(C)(=O)=O)C(O)[C@H]2C1. The van der Waals surface area contributed by atoms with E-state index in [4.69, 9.17) is 21.1 Å². The van der Waals surface area contributed by atoms with Crippen molar-refractivity contribution in [2.75, 3.05) is 31.8 Å². The first-order chi connectivity index (χ1) is 17.6. The number of ether oxygens (including phenoxy) is 2. The third-order valence-electron chi connectivity index (χ3n) is 7.05. The molecule has 13 heteroatoms. The summed E-state index contributed by atoms with van der Waals surface area (Å²) in [5.74, 6) is 0.885. The maximum absolute atomic E-state index is 14.6. The van der Waals surface area contributed by atoms with E-state index in [1.807, 2.05) is 0 Å². The quantitative estimate of drug-likeness (QED) is 0.372. The van der Waals surface area contributed by atoms with Crippen LogP contribution in [0.4, 0.5) is 15.9 Å². The van der Waals surface area contributed by atoms with Gasteiger partial charge in [0.25, 0.3) is 0 Å². The molecule has 1 aromatic heterocycles. The Hall–Kier alpha value is -2.25. The molecule has 0 spiro atoms. The summed E-state index contributed by atoms with van der Waals surface area (Å²) >= 11 is 9.22. The monoisotopic (exact) mass is 614 g/mol. The summed E-state index contributed by atoms with van der Waals surface area (Å²) < 4.78 is 51.7. The van der Waals surface area contributed by atoms with Crippen molar-refractivity contribution in [2.45, 2.75) is 19.1 Å². The molecule has 9 nitrogen and oxygen atoms in total. The number of nitrogens with zero attached hydrogens (tertiary/aromatic N) is 3. The maximum atomic E-state index is 14.6. The van der Waals surface area contributed by atoms with Gasteiger partial charge in [-0.25, -0.2) is 22.8 Å². The lowest BCUT2D eigenvalue weighted by Gasteiger charge is -2.22. The molecule has 2 fully saturated rings. The number of anilines is 2. The van der Waals surface area contributed by atoms with E-state index in [9.17, 15) is 17.9 Å². The van der Waals surface area contributed by atoms with Crippen LogP contribution in [-0.4, -0.2) is 60.5 Å². The van der Waals surface area contributed by atoms with Crippen molar-refractivity contribution in [2.24, 2.45) is 17.8 Å². The molecule has 4 atom stereocenters. The zero-order valence-electron chi connectivity index (χ0n) is 20.0. The number of nitrogens with one attached hydrogen (secondary N) is 1. The Morgan fingerprint density at radius 3 is 2.76 bits per heavy atom. The first kappa shape index (κ1) is 26.4. The Morgan fingerprint density at radius 1 is 1.27 bits per heavy atom. The van der Waals surface area contributed by atoms with Gasteiger partial charge in [-0.05, 0) is 58.8 Å². The number of halogens is 3. The predicted octanol–water partition coefficient (Wildman–Crippen LogP) is 4.55. The number of benzene rings is 2. The second-order valence-electron chi connectivity index (χ2n) is 9.41. The highest BCUT2D eigenvalue weighted by Crippen LogP contribution is 2.46. The summed E-state index contributed by atoms with van der Waals surface area (Å²) in [7, 11) is -1.91. The van der Waals surface area contributed by atoms with Crippen LogP contribution in [0, 0.1) is 23.6 Å². The molecule has 0 bridgehead atoms. The largest absolute Gasteiger partial charge is 0.493 e. The normalized spacial score (nSPS) is 23.8. The van der Waals surface area contributed by atoms with Crippen molar-refractivity contribution in [1.82, 2.24) is 14.3 Å². The van der Waals surface area contributed by atoms with Gasteiger partial charge in [0.15, 0.2) is 17.3 Å². The summed E-state index contributed by atoms with van der Waals surface area (Å²) in [6.07, 6.45) is 2.94. The van der Waals surface area contributed by atoms with Gasteiger partial charge in [0.1, 0.15) is 18.4 Å². The zero-order valence-corrected chi connectivity index (χ0v) is 23.1. The van der Waals surface area contributed by atoms with Gasteiger partial charge in [-0.3, -0.25) is 0 Å². The fourth-order valence-electron chi connectivity index (χ4n) is 5.27. The van der Waals surface area contributed by atoms with Crippen molar-refractivity contribution >= 4 is 60.0 Å².